The molecule has 1 aromatic carbocycles. The molecule has 18 heavy (non-hydrogen) atoms. The minimum atomic E-state index is 0.0437. The van der Waals surface area contributed by atoms with E-state index in [2.05, 4.69) is 17.6 Å². The maximum Gasteiger partial charge on any atom is 0.253 e. The summed E-state index contributed by atoms with van der Waals surface area (Å²) in [5.74, 6) is 0.777. The van der Waals surface area contributed by atoms with Crippen molar-refractivity contribution in [1.82, 2.24) is 5.32 Å². The van der Waals surface area contributed by atoms with Crippen molar-refractivity contribution >= 4 is 11.6 Å². The highest BCUT2D eigenvalue weighted by molar-refractivity contribution is 6.00. The quantitative estimate of drug-likeness (QED) is 0.861. The smallest absolute Gasteiger partial charge is 0.253 e. The molecule has 2 atom stereocenters. The van der Waals surface area contributed by atoms with Crippen LogP contribution in [0.3, 0.4) is 0 Å². The third-order valence-corrected chi connectivity index (χ3v) is 3.72. The van der Waals surface area contributed by atoms with Crippen molar-refractivity contribution in [1.29, 1.82) is 0 Å². The lowest BCUT2D eigenvalue weighted by Gasteiger charge is -2.15. The molecular formula is C15H22N2O. The molecular weight excluding hydrogens is 224 g/mol. The molecule has 0 radical (unpaired) electrons. The van der Waals surface area contributed by atoms with Gasteiger partial charge in [-0.2, -0.15) is 0 Å². The lowest BCUT2D eigenvalue weighted by Crippen LogP contribution is -2.33. The molecule has 0 spiro atoms. The predicted molar refractivity (Wildman–Crippen MR) is 75.0 cm³/mol. The Balaban J connectivity index is 2.10. The first-order valence-electron chi connectivity index (χ1n) is 6.69. The van der Waals surface area contributed by atoms with Crippen LogP contribution in [0.25, 0.3) is 0 Å². The average molecular weight is 246 g/mol. The Morgan fingerprint density at radius 1 is 1.33 bits per heavy atom. The van der Waals surface area contributed by atoms with Crippen molar-refractivity contribution in [2.75, 3.05) is 12.4 Å². The van der Waals surface area contributed by atoms with E-state index >= 15 is 0 Å². The molecule has 98 valence electrons. The number of amides is 1. The van der Waals surface area contributed by atoms with Crippen molar-refractivity contribution in [3.8, 4) is 0 Å². The summed E-state index contributed by atoms with van der Waals surface area (Å²) in [6.45, 7) is 4.26. The average Bonchev–Trinajstić information content (AvgIpc) is 2.74. The summed E-state index contributed by atoms with van der Waals surface area (Å²) >= 11 is 0. The van der Waals surface area contributed by atoms with Crippen LogP contribution in [0, 0.1) is 12.8 Å². The highest BCUT2D eigenvalue weighted by Gasteiger charge is 2.23. The van der Waals surface area contributed by atoms with Crippen molar-refractivity contribution in [3.63, 3.8) is 0 Å². The second-order valence-electron chi connectivity index (χ2n) is 5.39. The van der Waals surface area contributed by atoms with E-state index in [4.69, 9.17) is 0 Å². The lowest BCUT2D eigenvalue weighted by atomic mass is 10.1. The molecule has 2 N–H and O–H groups in total. The van der Waals surface area contributed by atoms with E-state index in [-0.39, 0.29) is 5.91 Å². The molecule has 2 rings (SSSR count). The summed E-state index contributed by atoms with van der Waals surface area (Å²) in [6.07, 6.45) is 3.43. The minimum absolute atomic E-state index is 0.0437. The molecule has 3 heteroatoms. The Morgan fingerprint density at radius 3 is 2.72 bits per heavy atom. The van der Waals surface area contributed by atoms with Gasteiger partial charge in [0.2, 0.25) is 0 Å². The predicted octanol–water partition coefficient (Wildman–Crippen LogP) is 2.96. The maximum absolute atomic E-state index is 12.3. The summed E-state index contributed by atoms with van der Waals surface area (Å²) < 4.78 is 0. The molecule has 1 saturated carbocycles. The van der Waals surface area contributed by atoms with Crippen LogP contribution in [0.4, 0.5) is 5.69 Å². The molecule has 0 aliphatic heterocycles. The highest BCUT2D eigenvalue weighted by Crippen LogP contribution is 2.25. The van der Waals surface area contributed by atoms with Crippen LogP contribution >= 0.6 is 0 Å². The van der Waals surface area contributed by atoms with Gasteiger partial charge < -0.3 is 10.6 Å². The van der Waals surface area contributed by atoms with E-state index in [1.807, 2.05) is 32.2 Å². The Labute approximate surface area is 109 Å². The topological polar surface area (TPSA) is 41.1 Å². The first-order valence-corrected chi connectivity index (χ1v) is 6.69. The molecule has 2 unspecified atom stereocenters. The van der Waals surface area contributed by atoms with Gasteiger partial charge >= 0.3 is 0 Å². The van der Waals surface area contributed by atoms with Gasteiger partial charge in [0.05, 0.1) is 5.56 Å². The zero-order chi connectivity index (χ0) is 13.1. The highest BCUT2D eigenvalue weighted by atomic mass is 16.1. The third kappa shape index (κ3) is 2.84. The van der Waals surface area contributed by atoms with E-state index < -0.39 is 0 Å². The van der Waals surface area contributed by atoms with Crippen LogP contribution < -0.4 is 10.6 Å². The van der Waals surface area contributed by atoms with Crippen LogP contribution in [-0.2, 0) is 0 Å². The number of carbonyl (C=O) groups excluding carboxylic acids is 1. The number of nitrogens with one attached hydrogen (secondary N) is 2. The van der Waals surface area contributed by atoms with Crippen LogP contribution in [0.2, 0.25) is 0 Å². The van der Waals surface area contributed by atoms with E-state index in [1.165, 1.54) is 6.42 Å². The normalized spacial score (nSPS) is 22.8. The summed E-state index contributed by atoms with van der Waals surface area (Å²) in [5, 5.41) is 6.23. The lowest BCUT2D eigenvalue weighted by molar-refractivity contribution is 0.0938. The fourth-order valence-corrected chi connectivity index (χ4v) is 2.67. The van der Waals surface area contributed by atoms with Gasteiger partial charge in [0.1, 0.15) is 0 Å². The Morgan fingerprint density at radius 2 is 2.11 bits per heavy atom. The molecule has 0 heterocycles. The summed E-state index contributed by atoms with van der Waals surface area (Å²) in [6, 6.07) is 6.26. The zero-order valence-corrected chi connectivity index (χ0v) is 11.4. The monoisotopic (exact) mass is 246 g/mol. The molecule has 1 fully saturated rings. The fraction of sp³-hybridized carbons (Fsp3) is 0.533. The Hall–Kier alpha value is -1.51. The molecule has 3 nitrogen and oxygen atoms in total. The SMILES string of the molecule is CNc1ccc(C)cc1C(=O)NC1CCC(C)C1. The van der Waals surface area contributed by atoms with Crippen molar-refractivity contribution in [2.24, 2.45) is 5.92 Å². The Bertz CT molecular complexity index is 442. The maximum atomic E-state index is 12.3. The molecule has 0 aromatic heterocycles. The van der Waals surface area contributed by atoms with Crippen LogP contribution in [0.5, 0.6) is 0 Å². The van der Waals surface area contributed by atoms with Crippen molar-refractivity contribution in [2.45, 2.75) is 39.2 Å². The molecule has 1 amide bonds. The van der Waals surface area contributed by atoms with Gasteiger partial charge in [-0.05, 0) is 44.2 Å². The fourth-order valence-electron chi connectivity index (χ4n) is 2.67. The van der Waals surface area contributed by atoms with Crippen LogP contribution in [0.1, 0.15) is 42.1 Å². The zero-order valence-electron chi connectivity index (χ0n) is 11.4. The standard InChI is InChI=1S/C15H22N2O/c1-10-4-6-12(8-10)17-15(18)13-9-11(2)5-7-14(13)16-3/h5,7,9-10,12,16H,4,6,8H2,1-3H3,(H,17,18). The van der Waals surface area contributed by atoms with Crippen molar-refractivity contribution in [3.05, 3.63) is 29.3 Å². The summed E-state index contributed by atoms with van der Waals surface area (Å²) in [5.41, 5.74) is 2.75. The van der Waals surface area contributed by atoms with Gasteiger partial charge in [0.25, 0.3) is 5.91 Å². The number of hydrogen-bond donors (Lipinski definition) is 2. The van der Waals surface area contributed by atoms with Crippen LogP contribution in [0.15, 0.2) is 18.2 Å². The van der Waals surface area contributed by atoms with Gasteiger partial charge in [0, 0.05) is 18.8 Å². The minimum Gasteiger partial charge on any atom is -0.387 e. The molecule has 1 aromatic rings. The first kappa shape index (κ1) is 12.9. The number of benzene rings is 1. The largest absolute Gasteiger partial charge is 0.387 e. The number of anilines is 1. The van der Waals surface area contributed by atoms with Gasteiger partial charge in [-0.25, -0.2) is 0 Å². The molecule has 0 bridgehead atoms. The van der Waals surface area contributed by atoms with E-state index in [0.29, 0.717) is 6.04 Å². The van der Waals surface area contributed by atoms with E-state index in [1.54, 1.807) is 0 Å². The first-order chi connectivity index (χ1) is 8.60. The number of rotatable bonds is 3. The molecule has 1 aliphatic carbocycles. The second kappa shape index (κ2) is 5.42. The third-order valence-electron chi connectivity index (χ3n) is 3.72. The van der Waals surface area contributed by atoms with Gasteiger partial charge in [-0.15, -0.1) is 0 Å². The van der Waals surface area contributed by atoms with Gasteiger partial charge in [-0.1, -0.05) is 18.6 Å². The summed E-state index contributed by atoms with van der Waals surface area (Å²) in [7, 11) is 1.85. The summed E-state index contributed by atoms with van der Waals surface area (Å²) in [4.78, 5) is 12.3. The van der Waals surface area contributed by atoms with Crippen LogP contribution in [-0.4, -0.2) is 19.0 Å². The van der Waals surface area contributed by atoms with Crippen molar-refractivity contribution < 1.29 is 4.79 Å². The van der Waals surface area contributed by atoms with E-state index in [0.717, 1.165) is 35.6 Å². The number of carbonyl (C=O) groups is 1. The number of aryl methyl sites for hydroxylation is 1. The Kier molecular flexibility index (Phi) is 3.90. The van der Waals surface area contributed by atoms with E-state index in [9.17, 15) is 4.79 Å². The molecule has 1 aliphatic rings. The second-order valence-corrected chi connectivity index (χ2v) is 5.39. The molecule has 0 saturated heterocycles. The van der Waals surface area contributed by atoms with Gasteiger partial charge in [0.15, 0.2) is 0 Å². The van der Waals surface area contributed by atoms with Gasteiger partial charge in [-0.3, -0.25) is 4.79 Å². The number of hydrogen-bond acceptors (Lipinski definition) is 2.